The first-order valence-electron chi connectivity index (χ1n) is 5.17. The number of carbonyl (C=O) groups is 1. The Morgan fingerprint density at radius 2 is 2.29 bits per heavy atom. The van der Waals surface area contributed by atoms with Crippen LogP contribution in [0.2, 0.25) is 0 Å². The van der Waals surface area contributed by atoms with Crippen LogP contribution in [0.5, 0.6) is 5.75 Å². The van der Waals surface area contributed by atoms with Crippen LogP contribution in [-0.2, 0) is 42.2 Å². The molecule has 0 heterocycles. The molecule has 0 amide bonds. The van der Waals surface area contributed by atoms with Crippen LogP contribution < -0.4 is 5.73 Å². The molecule has 0 aromatic heterocycles. The number of aryl methyl sites for hydroxylation is 1. The molecule has 0 saturated heterocycles. The Bertz CT molecular complexity index is 382. The largest absolute Gasteiger partial charge is 0.534 e. The van der Waals surface area contributed by atoms with E-state index in [9.17, 15) is 9.90 Å². The van der Waals surface area contributed by atoms with Gasteiger partial charge in [0.15, 0.2) is 0 Å². The van der Waals surface area contributed by atoms with Crippen molar-refractivity contribution in [3.63, 3.8) is 0 Å². The normalized spacial score (nSPS) is 11.5. The second-order valence-electron chi connectivity index (χ2n) is 3.60. The molecule has 0 saturated carbocycles. The summed E-state index contributed by atoms with van der Waals surface area (Å²) in [6.07, 6.45) is 0.0543. The number of ether oxygens (including phenoxy) is 1. The maximum Gasteiger partial charge on any atom is 0.306 e. The summed E-state index contributed by atoms with van der Waals surface area (Å²) in [4.78, 5) is 11.2. The molecule has 0 unspecified atom stereocenters. The van der Waals surface area contributed by atoms with Crippen molar-refractivity contribution in [3.8, 4) is 5.75 Å². The van der Waals surface area contributed by atoms with Crippen molar-refractivity contribution < 1.29 is 47.3 Å². The van der Waals surface area contributed by atoms with Crippen LogP contribution in [0.25, 0.3) is 0 Å². The van der Waals surface area contributed by atoms with E-state index >= 15 is 0 Å². The van der Waals surface area contributed by atoms with Gasteiger partial charge in [0.2, 0.25) is 0 Å². The zero-order valence-electron chi connectivity index (χ0n) is 10.1. The van der Waals surface area contributed by atoms with Crippen molar-refractivity contribution in [3.05, 3.63) is 29.3 Å². The van der Waals surface area contributed by atoms with Gasteiger partial charge in [-0.2, -0.15) is 17.7 Å². The number of carbonyl (C=O) groups excluding carboxylic acids is 1. The Hall–Kier alpha value is -0.446. The molecular formula is C12H16NO3Y-. The number of benzene rings is 1. The Kier molecular flexibility index (Phi) is 7.59. The number of nitrogens with two attached hydrogens (primary N) is 1. The summed E-state index contributed by atoms with van der Waals surface area (Å²) in [6, 6.07) is 5.53. The fourth-order valence-electron chi connectivity index (χ4n) is 1.41. The number of aromatic hydroxyl groups is 1. The summed E-state index contributed by atoms with van der Waals surface area (Å²) in [5.74, 6) is -0.377. The first kappa shape index (κ1) is 16.6. The predicted molar refractivity (Wildman–Crippen MR) is 59.9 cm³/mol. The van der Waals surface area contributed by atoms with Gasteiger partial charge in [-0.25, -0.2) is 0 Å². The van der Waals surface area contributed by atoms with E-state index in [2.05, 4.69) is 6.07 Å². The van der Waals surface area contributed by atoms with Crippen molar-refractivity contribution in [1.82, 2.24) is 0 Å². The van der Waals surface area contributed by atoms with Crippen LogP contribution >= 0.6 is 0 Å². The van der Waals surface area contributed by atoms with Crippen molar-refractivity contribution >= 4 is 5.97 Å². The molecule has 1 atom stereocenters. The van der Waals surface area contributed by atoms with Crippen molar-refractivity contribution in [1.29, 1.82) is 0 Å². The topological polar surface area (TPSA) is 72.5 Å². The van der Waals surface area contributed by atoms with Gasteiger partial charge in [0, 0.05) is 38.5 Å². The van der Waals surface area contributed by atoms with Crippen molar-refractivity contribution in [2.75, 3.05) is 6.61 Å². The molecule has 0 aliphatic rings. The summed E-state index contributed by atoms with van der Waals surface area (Å²) in [6.45, 7) is 3.94. The Labute approximate surface area is 126 Å². The van der Waals surface area contributed by atoms with Crippen molar-refractivity contribution in [2.45, 2.75) is 26.3 Å². The number of rotatable bonds is 4. The molecule has 1 aromatic carbocycles. The van der Waals surface area contributed by atoms with E-state index in [1.165, 1.54) is 0 Å². The number of hydrogen-bond donors (Lipinski definition) is 2. The Balaban J connectivity index is 0.00000256. The average molecular weight is 311 g/mol. The van der Waals surface area contributed by atoms with E-state index in [1.807, 2.05) is 6.92 Å². The molecule has 3 N–H and O–H groups in total. The SMILES string of the molecule is CCOC(=O)C[C@H](N)c1cc(C)c[c-]c1O.[Y]. The Morgan fingerprint density at radius 1 is 1.65 bits per heavy atom. The maximum atomic E-state index is 11.2. The third kappa shape index (κ3) is 5.15. The molecule has 91 valence electrons. The molecule has 0 aliphatic heterocycles. The van der Waals surface area contributed by atoms with Gasteiger partial charge in [-0.15, -0.1) is 6.07 Å². The molecule has 4 nitrogen and oxygen atoms in total. The predicted octanol–water partition coefficient (Wildman–Crippen LogP) is 1.45. The van der Waals surface area contributed by atoms with Crippen LogP contribution in [0, 0.1) is 13.0 Å². The van der Waals surface area contributed by atoms with Crippen LogP contribution in [-0.4, -0.2) is 17.7 Å². The van der Waals surface area contributed by atoms with E-state index in [0.717, 1.165) is 5.56 Å². The minimum absolute atomic E-state index is 0. The summed E-state index contributed by atoms with van der Waals surface area (Å²) < 4.78 is 4.79. The fourth-order valence-corrected chi connectivity index (χ4v) is 1.41. The molecule has 5 heteroatoms. The number of phenolic OH excluding ortho intramolecular Hbond substituents is 1. The third-order valence-electron chi connectivity index (χ3n) is 2.18. The van der Waals surface area contributed by atoms with Crippen LogP contribution in [0.4, 0.5) is 0 Å². The smallest absolute Gasteiger partial charge is 0.306 e. The maximum absolute atomic E-state index is 11.2. The second-order valence-corrected chi connectivity index (χ2v) is 3.60. The van der Waals surface area contributed by atoms with E-state index in [1.54, 1.807) is 19.1 Å². The molecule has 0 bridgehead atoms. The van der Waals surface area contributed by atoms with Crippen LogP contribution in [0.1, 0.15) is 30.5 Å². The standard InChI is InChI=1S/C12H16NO3.Y/c1-3-16-12(15)7-10(13)9-6-8(2)4-5-11(9)14;/h4,6,10,14H,3,7,13H2,1-2H3;/q-1;/t10-;/m0./s1. The minimum Gasteiger partial charge on any atom is -0.534 e. The van der Waals surface area contributed by atoms with Gasteiger partial charge < -0.3 is 15.6 Å². The van der Waals surface area contributed by atoms with Gasteiger partial charge in [-0.1, -0.05) is 12.5 Å². The van der Waals surface area contributed by atoms with Gasteiger partial charge in [-0.05, 0) is 13.0 Å². The summed E-state index contributed by atoms with van der Waals surface area (Å²) in [5, 5.41) is 9.56. The second kappa shape index (κ2) is 7.80. The van der Waals surface area contributed by atoms with Gasteiger partial charge in [-0.3, -0.25) is 4.79 Å². The van der Waals surface area contributed by atoms with E-state index in [0.29, 0.717) is 12.2 Å². The zero-order valence-corrected chi connectivity index (χ0v) is 12.9. The fraction of sp³-hybridized carbons (Fsp3) is 0.417. The van der Waals surface area contributed by atoms with Crippen LogP contribution in [0.3, 0.4) is 0 Å². The quantitative estimate of drug-likeness (QED) is 0.652. The monoisotopic (exact) mass is 311 g/mol. The molecule has 1 radical (unpaired) electrons. The molecular weight excluding hydrogens is 295 g/mol. The van der Waals surface area contributed by atoms with Gasteiger partial charge in [0.05, 0.1) is 13.0 Å². The van der Waals surface area contributed by atoms with Gasteiger partial charge in [0.25, 0.3) is 0 Å². The van der Waals surface area contributed by atoms with Gasteiger partial charge >= 0.3 is 5.97 Å². The first-order valence-corrected chi connectivity index (χ1v) is 5.17. The molecule has 1 aromatic rings. The first-order chi connectivity index (χ1) is 7.54. The van der Waals surface area contributed by atoms with E-state index < -0.39 is 6.04 Å². The number of phenols is 1. The number of esters is 1. The minimum atomic E-state index is -0.560. The third-order valence-corrected chi connectivity index (χ3v) is 2.18. The van der Waals surface area contributed by atoms with E-state index in [-0.39, 0.29) is 50.8 Å². The average Bonchev–Trinajstić information content (AvgIpc) is 2.21. The van der Waals surface area contributed by atoms with Crippen LogP contribution in [0.15, 0.2) is 12.1 Å². The zero-order chi connectivity index (χ0) is 12.1. The summed E-state index contributed by atoms with van der Waals surface area (Å²) >= 11 is 0. The number of hydrogen-bond acceptors (Lipinski definition) is 4. The van der Waals surface area contributed by atoms with Crippen molar-refractivity contribution in [2.24, 2.45) is 5.73 Å². The summed E-state index contributed by atoms with van der Waals surface area (Å²) in [7, 11) is 0. The molecule has 0 spiro atoms. The molecule has 1 rings (SSSR count). The van der Waals surface area contributed by atoms with Gasteiger partial charge in [0.1, 0.15) is 0 Å². The molecule has 17 heavy (non-hydrogen) atoms. The van der Waals surface area contributed by atoms with E-state index in [4.69, 9.17) is 10.5 Å². The Morgan fingerprint density at radius 3 is 2.88 bits per heavy atom. The molecule has 0 fully saturated rings. The summed E-state index contributed by atoms with van der Waals surface area (Å²) in [5.41, 5.74) is 7.27. The molecule has 0 aliphatic carbocycles.